The second kappa shape index (κ2) is 6.86. The monoisotopic (exact) mass is 359 g/mol. The third kappa shape index (κ3) is 3.43. The zero-order valence-electron chi connectivity index (χ0n) is 12.7. The molecule has 2 aliphatic rings. The quantitative estimate of drug-likeness (QED) is 0.679. The summed E-state index contributed by atoms with van der Waals surface area (Å²) in [6.45, 7) is 2.52. The van der Waals surface area contributed by atoms with E-state index < -0.39 is 22.0 Å². The molecule has 0 radical (unpaired) electrons. The molecule has 7 nitrogen and oxygen atoms in total. The number of thiophene rings is 1. The smallest absolute Gasteiger partial charge is 0.262 e. The van der Waals surface area contributed by atoms with Crippen molar-refractivity contribution in [3.05, 3.63) is 16.3 Å². The largest absolute Gasteiger partial charge is 0.391 e. The number of rotatable bonds is 5. The summed E-state index contributed by atoms with van der Waals surface area (Å²) in [7, 11) is -3.60. The lowest BCUT2D eigenvalue weighted by molar-refractivity contribution is 0.0928. The van der Waals surface area contributed by atoms with Crippen molar-refractivity contribution in [3.8, 4) is 0 Å². The molecule has 2 saturated heterocycles. The topological polar surface area (TPSA) is 98.7 Å². The number of hydrogen-bond donors (Lipinski definition) is 3. The second-order valence-corrected chi connectivity index (χ2v) is 8.74. The van der Waals surface area contributed by atoms with Crippen molar-refractivity contribution in [2.24, 2.45) is 5.92 Å². The first-order valence-electron chi connectivity index (χ1n) is 7.75. The van der Waals surface area contributed by atoms with E-state index in [1.165, 1.54) is 10.4 Å². The summed E-state index contributed by atoms with van der Waals surface area (Å²) in [6.07, 6.45) is 1.24. The van der Waals surface area contributed by atoms with Crippen LogP contribution in [0.5, 0.6) is 0 Å². The molecule has 2 unspecified atom stereocenters. The van der Waals surface area contributed by atoms with Crippen molar-refractivity contribution in [2.75, 3.05) is 32.7 Å². The molecule has 0 saturated carbocycles. The maximum Gasteiger partial charge on any atom is 0.262 e. The number of aliphatic hydroxyl groups is 1. The highest BCUT2D eigenvalue weighted by Crippen LogP contribution is 2.27. The minimum absolute atomic E-state index is 0.0439. The molecule has 2 aliphatic heterocycles. The van der Waals surface area contributed by atoms with Crippen molar-refractivity contribution in [1.82, 2.24) is 14.9 Å². The van der Waals surface area contributed by atoms with E-state index in [1.807, 2.05) is 0 Å². The zero-order valence-corrected chi connectivity index (χ0v) is 14.3. The molecule has 0 aliphatic carbocycles. The Balaban J connectivity index is 1.71. The number of β-amino-alcohol motifs (C(OH)–C–C–N with tert-alkyl or cyclic N) is 1. The summed E-state index contributed by atoms with van der Waals surface area (Å²) in [5.41, 5.74) is 0. The van der Waals surface area contributed by atoms with E-state index in [4.69, 9.17) is 0 Å². The molecule has 2 fully saturated rings. The van der Waals surface area contributed by atoms with Gasteiger partial charge in [0, 0.05) is 38.6 Å². The molecule has 3 N–H and O–H groups in total. The predicted octanol–water partition coefficient (Wildman–Crippen LogP) is -0.157. The van der Waals surface area contributed by atoms with Gasteiger partial charge in [-0.25, -0.2) is 8.42 Å². The number of carbonyl (C=O) groups is 1. The van der Waals surface area contributed by atoms with Crippen LogP contribution in [0.2, 0.25) is 0 Å². The van der Waals surface area contributed by atoms with Gasteiger partial charge in [-0.15, -0.1) is 11.3 Å². The van der Waals surface area contributed by atoms with E-state index in [-0.39, 0.29) is 15.7 Å². The third-order valence-electron chi connectivity index (χ3n) is 4.35. The van der Waals surface area contributed by atoms with Crippen LogP contribution in [-0.4, -0.2) is 62.6 Å². The minimum atomic E-state index is -3.60. The summed E-state index contributed by atoms with van der Waals surface area (Å²) in [5, 5.41) is 17.2. The summed E-state index contributed by atoms with van der Waals surface area (Å²) >= 11 is 1.13. The highest BCUT2D eigenvalue weighted by Gasteiger charge is 2.32. The van der Waals surface area contributed by atoms with Crippen molar-refractivity contribution in [1.29, 1.82) is 0 Å². The van der Waals surface area contributed by atoms with E-state index in [2.05, 4.69) is 10.6 Å². The van der Waals surface area contributed by atoms with Crippen molar-refractivity contribution in [3.63, 3.8) is 0 Å². The van der Waals surface area contributed by atoms with Gasteiger partial charge in [0.2, 0.25) is 10.0 Å². The average molecular weight is 359 g/mol. The standard InChI is InChI=1S/C14H21N3O4S2/c18-11-9-15-7-10(11)8-16-14(19)13-12(3-6-22-13)23(20,21)17-4-1-2-5-17/h3,6,10-11,15,18H,1-2,4-5,7-9H2,(H,16,19). The Morgan fingerprint density at radius 1 is 1.39 bits per heavy atom. The second-order valence-electron chi connectivity index (χ2n) is 5.92. The van der Waals surface area contributed by atoms with Crippen LogP contribution in [-0.2, 0) is 10.0 Å². The van der Waals surface area contributed by atoms with E-state index in [0.717, 1.165) is 24.2 Å². The predicted molar refractivity (Wildman–Crippen MR) is 87.0 cm³/mol. The van der Waals surface area contributed by atoms with Crippen LogP contribution in [0.3, 0.4) is 0 Å². The van der Waals surface area contributed by atoms with Crippen LogP contribution in [0.25, 0.3) is 0 Å². The fraction of sp³-hybridized carbons (Fsp3) is 0.643. The van der Waals surface area contributed by atoms with E-state index in [9.17, 15) is 18.3 Å². The van der Waals surface area contributed by atoms with Crippen molar-refractivity contribution in [2.45, 2.75) is 23.8 Å². The Hall–Kier alpha value is -1.00. The minimum Gasteiger partial charge on any atom is -0.391 e. The zero-order chi connectivity index (χ0) is 16.4. The van der Waals surface area contributed by atoms with Gasteiger partial charge in [-0.1, -0.05) is 0 Å². The summed E-state index contributed by atoms with van der Waals surface area (Å²) < 4.78 is 26.7. The van der Waals surface area contributed by atoms with Gasteiger partial charge in [-0.05, 0) is 24.3 Å². The van der Waals surface area contributed by atoms with Gasteiger partial charge in [-0.2, -0.15) is 4.31 Å². The Kier molecular flexibility index (Phi) is 5.02. The van der Waals surface area contributed by atoms with E-state index in [0.29, 0.717) is 32.7 Å². The highest BCUT2D eigenvalue weighted by atomic mass is 32.2. The van der Waals surface area contributed by atoms with Crippen molar-refractivity contribution >= 4 is 27.3 Å². The van der Waals surface area contributed by atoms with Gasteiger partial charge in [0.1, 0.15) is 9.77 Å². The molecule has 2 atom stereocenters. The molecule has 0 bridgehead atoms. The number of nitrogens with one attached hydrogen (secondary N) is 2. The number of nitrogens with zero attached hydrogens (tertiary/aromatic N) is 1. The number of amides is 1. The molecule has 1 aromatic rings. The van der Waals surface area contributed by atoms with Gasteiger partial charge in [0.15, 0.2) is 0 Å². The molecular formula is C14H21N3O4S2. The summed E-state index contributed by atoms with van der Waals surface area (Å²) in [5.74, 6) is -0.436. The van der Waals surface area contributed by atoms with Gasteiger partial charge < -0.3 is 15.7 Å². The van der Waals surface area contributed by atoms with E-state index >= 15 is 0 Å². The maximum absolute atomic E-state index is 12.6. The summed E-state index contributed by atoms with van der Waals surface area (Å²) in [6, 6.07) is 1.50. The molecule has 0 aromatic carbocycles. The first kappa shape index (κ1) is 16.8. The molecule has 1 amide bonds. The van der Waals surface area contributed by atoms with Gasteiger partial charge in [0.25, 0.3) is 5.91 Å². The molecule has 0 spiro atoms. The lowest BCUT2D eigenvalue weighted by atomic mass is 10.1. The van der Waals surface area contributed by atoms with Gasteiger partial charge in [0.05, 0.1) is 6.10 Å². The molecule has 3 heterocycles. The number of sulfonamides is 1. The Bertz CT molecular complexity index is 667. The molecular weight excluding hydrogens is 338 g/mol. The van der Waals surface area contributed by atoms with Crippen LogP contribution in [0.4, 0.5) is 0 Å². The molecule has 23 heavy (non-hydrogen) atoms. The Morgan fingerprint density at radius 2 is 2.13 bits per heavy atom. The first-order chi connectivity index (χ1) is 11.0. The molecule has 128 valence electrons. The first-order valence-corrected chi connectivity index (χ1v) is 10.1. The number of aliphatic hydroxyl groups excluding tert-OH is 1. The maximum atomic E-state index is 12.6. The molecule has 3 rings (SSSR count). The van der Waals surface area contributed by atoms with Crippen LogP contribution in [0, 0.1) is 5.92 Å². The normalized spacial score (nSPS) is 25.8. The SMILES string of the molecule is O=C(NCC1CNCC1O)c1sccc1S(=O)(=O)N1CCCC1. The van der Waals surface area contributed by atoms with Crippen LogP contribution in [0.1, 0.15) is 22.5 Å². The van der Waals surface area contributed by atoms with Crippen molar-refractivity contribution < 1.29 is 18.3 Å². The number of hydrogen-bond acceptors (Lipinski definition) is 6. The Labute approximate surface area is 139 Å². The fourth-order valence-electron chi connectivity index (χ4n) is 2.97. The van der Waals surface area contributed by atoms with Crippen LogP contribution < -0.4 is 10.6 Å². The summed E-state index contributed by atoms with van der Waals surface area (Å²) in [4.78, 5) is 12.7. The third-order valence-corrected chi connectivity index (χ3v) is 7.33. The molecule has 1 aromatic heterocycles. The van der Waals surface area contributed by atoms with Gasteiger partial charge in [-0.3, -0.25) is 4.79 Å². The fourth-order valence-corrected chi connectivity index (χ4v) is 5.80. The lowest BCUT2D eigenvalue weighted by Crippen LogP contribution is -2.35. The van der Waals surface area contributed by atoms with E-state index in [1.54, 1.807) is 5.38 Å². The van der Waals surface area contributed by atoms with Gasteiger partial charge >= 0.3 is 0 Å². The van der Waals surface area contributed by atoms with Crippen LogP contribution in [0.15, 0.2) is 16.3 Å². The van der Waals surface area contributed by atoms with Crippen LogP contribution >= 0.6 is 11.3 Å². The Morgan fingerprint density at radius 3 is 2.78 bits per heavy atom. The lowest BCUT2D eigenvalue weighted by Gasteiger charge is -2.17. The highest BCUT2D eigenvalue weighted by molar-refractivity contribution is 7.89. The average Bonchev–Trinajstić information content (AvgIpc) is 3.26. The number of carbonyl (C=O) groups excluding carboxylic acids is 1. The molecule has 9 heteroatoms.